The van der Waals surface area contributed by atoms with Crippen molar-refractivity contribution in [3.8, 4) is 0 Å². The molecule has 11 heteroatoms. The molecular formula is C18H12N4O5S2. The van der Waals surface area contributed by atoms with E-state index in [0.717, 1.165) is 21.6 Å². The third-order valence-electron chi connectivity index (χ3n) is 4.17. The summed E-state index contributed by atoms with van der Waals surface area (Å²) in [6, 6.07) is 9.34. The lowest BCUT2D eigenvalue weighted by Gasteiger charge is -2.03. The summed E-state index contributed by atoms with van der Waals surface area (Å²) >= 11 is 2.50. The quantitative estimate of drug-likeness (QED) is 0.280. The highest BCUT2D eigenvalue weighted by atomic mass is 32.1. The Hall–Kier alpha value is -3.44. The number of esters is 1. The monoisotopic (exact) mass is 428 g/mol. The number of benzene rings is 2. The largest absolute Gasteiger partial charge is 0.468 e. The van der Waals surface area contributed by atoms with Crippen LogP contribution in [0.15, 0.2) is 46.9 Å². The number of nitrogens with zero attached hydrogens (tertiary/aromatic N) is 4. The van der Waals surface area contributed by atoms with Crippen molar-refractivity contribution in [1.82, 2.24) is 9.55 Å². The highest BCUT2D eigenvalue weighted by Gasteiger charge is 2.15. The minimum atomic E-state index is -0.525. The highest BCUT2D eigenvalue weighted by Crippen LogP contribution is 2.24. The molecule has 2 heterocycles. The van der Waals surface area contributed by atoms with Gasteiger partial charge in [0.1, 0.15) is 6.54 Å². The zero-order valence-electron chi connectivity index (χ0n) is 14.9. The van der Waals surface area contributed by atoms with E-state index >= 15 is 0 Å². The molecule has 2 aromatic carbocycles. The maximum atomic E-state index is 12.7. The molecule has 0 saturated heterocycles. The molecule has 1 amide bonds. The first kappa shape index (κ1) is 18.9. The number of non-ortho nitro benzene ring substituents is 1. The molecule has 0 aliphatic heterocycles. The van der Waals surface area contributed by atoms with Crippen molar-refractivity contribution in [2.75, 3.05) is 7.11 Å². The molecule has 2 aromatic heterocycles. The van der Waals surface area contributed by atoms with Crippen molar-refractivity contribution in [3.63, 3.8) is 0 Å². The maximum Gasteiger partial charge on any atom is 0.325 e. The molecule has 0 saturated carbocycles. The van der Waals surface area contributed by atoms with Crippen LogP contribution in [0.25, 0.3) is 20.4 Å². The van der Waals surface area contributed by atoms with Gasteiger partial charge in [-0.3, -0.25) is 19.7 Å². The van der Waals surface area contributed by atoms with Crippen molar-refractivity contribution in [2.24, 2.45) is 4.99 Å². The van der Waals surface area contributed by atoms with Gasteiger partial charge in [-0.2, -0.15) is 4.99 Å². The van der Waals surface area contributed by atoms with E-state index in [1.54, 1.807) is 23.7 Å². The average molecular weight is 428 g/mol. The number of aromatic nitrogens is 2. The first-order chi connectivity index (χ1) is 14.0. The molecule has 146 valence electrons. The fraction of sp³-hybridized carbons (Fsp3) is 0.111. The molecule has 0 N–H and O–H groups in total. The Morgan fingerprint density at radius 3 is 2.83 bits per heavy atom. The van der Waals surface area contributed by atoms with Crippen LogP contribution in [-0.2, 0) is 16.1 Å². The second kappa shape index (κ2) is 7.53. The zero-order valence-corrected chi connectivity index (χ0v) is 16.5. The smallest absolute Gasteiger partial charge is 0.325 e. The van der Waals surface area contributed by atoms with Crippen LogP contribution in [0.3, 0.4) is 0 Å². The van der Waals surface area contributed by atoms with Gasteiger partial charge in [-0.1, -0.05) is 11.3 Å². The van der Waals surface area contributed by atoms with Gasteiger partial charge >= 0.3 is 5.97 Å². The van der Waals surface area contributed by atoms with Crippen molar-refractivity contribution in [1.29, 1.82) is 0 Å². The van der Waals surface area contributed by atoms with E-state index in [0.29, 0.717) is 15.8 Å². The molecule has 0 spiro atoms. The second-order valence-electron chi connectivity index (χ2n) is 5.91. The van der Waals surface area contributed by atoms with E-state index in [1.807, 2.05) is 0 Å². The van der Waals surface area contributed by atoms with Crippen LogP contribution in [0.5, 0.6) is 0 Å². The summed E-state index contributed by atoms with van der Waals surface area (Å²) in [5, 5.41) is 11.1. The van der Waals surface area contributed by atoms with Gasteiger partial charge in [0, 0.05) is 17.7 Å². The molecule has 9 nitrogen and oxygen atoms in total. The lowest BCUT2D eigenvalue weighted by atomic mass is 10.2. The van der Waals surface area contributed by atoms with Crippen LogP contribution in [0.2, 0.25) is 0 Å². The molecule has 0 fully saturated rings. The topological polar surface area (TPSA) is 117 Å². The van der Waals surface area contributed by atoms with Crippen LogP contribution >= 0.6 is 22.7 Å². The summed E-state index contributed by atoms with van der Waals surface area (Å²) in [6.45, 7) is -0.172. The predicted octanol–water partition coefficient (Wildman–Crippen LogP) is 3.13. The third kappa shape index (κ3) is 3.65. The third-order valence-corrected chi connectivity index (χ3v) is 6.00. The molecular weight excluding hydrogens is 416 g/mol. The number of carbonyl (C=O) groups is 2. The van der Waals surface area contributed by atoms with Gasteiger partial charge in [-0.05, 0) is 24.3 Å². The lowest BCUT2D eigenvalue weighted by Crippen LogP contribution is -2.22. The number of methoxy groups -OCH3 is 1. The summed E-state index contributed by atoms with van der Waals surface area (Å²) in [5.74, 6) is -1.01. The fourth-order valence-corrected chi connectivity index (χ4v) is 4.52. The Kier molecular flexibility index (Phi) is 4.91. The molecule has 4 aromatic rings. The van der Waals surface area contributed by atoms with E-state index in [2.05, 4.69) is 9.98 Å². The van der Waals surface area contributed by atoms with Gasteiger partial charge in [0.2, 0.25) is 0 Å². The number of hydrogen-bond acceptors (Lipinski definition) is 8. The molecule has 0 unspecified atom stereocenters. The van der Waals surface area contributed by atoms with E-state index in [1.165, 1.54) is 41.2 Å². The summed E-state index contributed by atoms with van der Waals surface area (Å²) in [4.78, 5) is 43.7. The van der Waals surface area contributed by atoms with Gasteiger partial charge in [0.05, 0.1) is 38.0 Å². The number of nitro groups is 1. The van der Waals surface area contributed by atoms with Crippen molar-refractivity contribution < 1.29 is 19.2 Å². The standard InChI is InChI=1S/C18H12N4O5S2/c1-27-16(23)8-21-13-5-3-11(22(25)26)7-15(13)29-18(21)20-17(24)10-2-4-12-14(6-10)28-9-19-12/h2-7,9H,8H2,1H3. The van der Waals surface area contributed by atoms with Gasteiger partial charge in [0.15, 0.2) is 4.80 Å². The number of thiazole rings is 2. The normalized spacial score (nSPS) is 11.8. The Balaban J connectivity index is 1.85. The number of rotatable bonds is 4. The number of nitro benzene ring substituents is 1. The van der Waals surface area contributed by atoms with Crippen molar-refractivity contribution in [2.45, 2.75) is 6.54 Å². The van der Waals surface area contributed by atoms with E-state index in [9.17, 15) is 19.7 Å². The predicted molar refractivity (Wildman–Crippen MR) is 108 cm³/mol. The van der Waals surface area contributed by atoms with Crippen LogP contribution in [0.4, 0.5) is 5.69 Å². The zero-order chi connectivity index (χ0) is 20.5. The Labute approximate surface area is 170 Å². The number of ether oxygens (including phenoxy) is 1. The van der Waals surface area contributed by atoms with Crippen molar-refractivity contribution >= 4 is 60.7 Å². The van der Waals surface area contributed by atoms with E-state index < -0.39 is 16.8 Å². The summed E-state index contributed by atoms with van der Waals surface area (Å²) < 4.78 is 7.63. The Morgan fingerprint density at radius 1 is 1.24 bits per heavy atom. The van der Waals surface area contributed by atoms with Crippen LogP contribution < -0.4 is 4.80 Å². The van der Waals surface area contributed by atoms with E-state index in [4.69, 9.17) is 4.74 Å². The first-order valence-corrected chi connectivity index (χ1v) is 9.93. The summed E-state index contributed by atoms with van der Waals surface area (Å²) in [5.41, 5.74) is 3.34. The lowest BCUT2D eigenvalue weighted by molar-refractivity contribution is -0.384. The van der Waals surface area contributed by atoms with Gasteiger partial charge in [0.25, 0.3) is 11.6 Å². The molecule has 4 rings (SSSR count). The van der Waals surface area contributed by atoms with Crippen LogP contribution in [0.1, 0.15) is 10.4 Å². The van der Waals surface area contributed by atoms with E-state index in [-0.39, 0.29) is 17.0 Å². The van der Waals surface area contributed by atoms with Crippen molar-refractivity contribution in [3.05, 3.63) is 62.4 Å². The highest BCUT2D eigenvalue weighted by molar-refractivity contribution is 7.17. The first-order valence-electron chi connectivity index (χ1n) is 8.23. The molecule has 0 atom stereocenters. The molecule has 0 bridgehead atoms. The van der Waals surface area contributed by atoms with Crippen LogP contribution in [0, 0.1) is 10.1 Å². The molecule has 0 aliphatic carbocycles. The minimum Gasteiger partial charge on any atom is -0.468 e. The average Bonchev–Trinajstić information content (AvgIpc) is 3.31. The fourth-order valence-electron chi connectivity index (χ4n) is 2.75. The van der Waals surface area contributed by atoms with Gasteiger partial charge in [-0.25, -0.2) is 4.98 Å². The summed E-state index contributed by atoms with van der Waals surface area (Å²) in [6.07, 6.45) is 0. The van der Waals surface area contributed by atoms with Gasteiger partial charge < -0.3 is 9.30 Å². The summed E-state index contributed by atoms with van der Waals surface area (Å²) in [7, 11) is 1.26. The molecule has 29 heavy (non-hydrogen) atoms. The second-order valence-corrected chi connectivity index (χ2v) is 7.80. The number of fused-ring (bicyclic) bond motifs is 2. The van der Waals surface area contributed by atoms with Crippen LogP contribution in [-0.4, -0.2) is 33.5 Å². The SMILES string of the molecule is COC(=O)Cn1c(=NC(=O)c2ccc3ncsc3c2)sc2cc([N+](=O)[O-])ccc21. The Morgan fingerprint density at radius 2 is 2.07 bits per heavy atom. The molecule has 0 radical (unpaired) electrons. The Bertz CT molecular complexity index is 1350. The number of amides is 1. The number of carbonyl (C=O) groups excluding carboxylic acids is 2. The van der Waals surface area contributed by atoms with Gasteiger partial charge in [-0.15, -0.1) is 11.3 Å². The maximum absolute atomic E-state index is 12.7. The minimum absolute atomic E-state index is 0.0857. The molecule has 0 aliphatic rings. The number of hydrogen-bond donors (Lipinski definition) is 0.